The van der Waals surface area contributed by atoms with Gasteiger partial charge in [0.25, 0.3) is 11.8 Å². The Morgan fingerprint density at radius 3 is 2.68 bits per heavy atom. The van der Waals surface area contributed by atoms with Crippen molar-refractivity contribution in [1.29, 1.82) is 0 Å². The highest BCUT2D eigenvalue weighted by molar-refractivity contribution is 9.10. The Kier molecular flexibility index (Phi) is 5.38. The Balaban J connectivity index is 1.93. The predicted molar refractivity (Wildman–Crippen MR) is 100.0 cm³/mol. The van der Waals surface area contributed by atoms with Gasteiger partial charge in [-0.3, -0.25) is 9.59 Å². The lowest BCUT2D eigenvalue weighted by Gasteiger charge is -2.34. The number of para-hydroxylation sites is 2. The van der Waals surface area contributed by atoms with Crippen molar-refractivity contribution in [2.45, 2.75) is 19.4 Å². The highest BCUT2D eigenvalue weighted by atomic mass is 79.9. The number of halogens is 1. The van der Waals surface area contributed by atoms with Crippen LogP contribution in [0.5, 0.6) is 5.75 Å². The third-order valence-corrected chi connectivity index (χ3v) is 4.66. The molecule has 0 spiro atoms. The molecule has 1 atom stereocenters. The van der Waals surface area contributed by atoms with Gasteiger partial charge in [0, 0.05) is 11.0 Å². The smallest absolute Gasteiger partial charge is 0.262 e. The maximum atomic E-state index is 13.1. The van der Waals surface area contributed by atoms with Gasteiger partial charge in [0.05, 0.1) is 17.8 Å². The van der Waals surface area contributed by atoms with E-state index in [1.54, 1.807) is 17.0 Å². The number of anilines is 1. The maximum Gasteiger partial charge on any atom is 0.262 e. The van der Waals surface area contributed by atoms with Crippen LogP contribution in [0.3, 0.4) is 0 Å². The van der Waals surface area contributed by atoms with Gasteiger partial charge in [-0.05, 0) is 46.6 Å². The van der Waals surface area contributed by atoms with Gasteiger partial charge in [-0.2, -0.15) is 0 Å². The fourth-order valence-electron chi connectivity index (χ4n) is 2.71. The molecular formula is C19H19BrN2O3. The molecule has 0 radical (unpaired) electrons. The van der Waals surface area contributed by atoms with Crippen molar-refractivity contribution in [2.24, 2.45) is 0 Å². The summed E-state index contributed by atoms with van der Waals surface area (Å²) < 4.78 is 6.54. The molecule has 0 fully saturated rings. The molecule has 1 heterocycles. The monoisotopic (exact) mass is 402 g/mol. The number of nitrogens with one attached hydrogen (secondary N) is 1. The van der Waals surface area contributed by atoms with E-state index in [0.717, 1.165) is 10.9 Å². The summed E-state index contributed by atoms with van der Waals surface area (Å²) in [6.45, 7) is 2.74. The van der Waals surface area contributed by atoms with Crippen LogP contribution in [0.4, 0.5) is 5.69 Å². The van der Waals surface area contributed by atoms with E-state index in [9.17, 15) is 9.59 Å². The van der Waals surface area contributed by atoms with Crippen molar-refractivity contribution >= 4 is 33.4 Å². The molecule has 3 rings (SSSR count). The number of nitrogens with zero attached hydrogens (tertiary/aromatic N) is 1. The number of carbonyl (C=O) groups is 2. The van der Waals surface area contributed by atoms with Crippen molar-refractivity contribution in [2.75, 3.05) is 18.0 Å². The molecule has 0 bridgehead atoms. The van der Waals surface area contributed by atoms with Crippen LogP contribution in [0.2, 0.25) is 0 Å². The van der Waals surface area contributed by atoms with Crippen molar-refractivity contribution in [1.82, 2.24) is 5.32 Å². The molecule has 1 N–H and O–H groups in total. The minimum atomic E-state index is -0.729. The molecule has 6 heteroatoms. The van der Waals surface area contributed by atoms with Crippen LogP contribution in [0, 0.1) is 0 Å². The van der Waals surface area contributed by atoms with Gasteiger partial charge >= 0.3 is 0 Å². The molecule has 0 unspecified atom stereocenters. The number of ether oxygens (including phenoxy) is 1. The standard InChI is InChI=1S/C19H19BrN2O3/c1-2-11-21-18(23)17-12-22(15-9-5-6-10-16(15)25-17)19(24)13-7-3-4-8-14(13)20/h3-10,17H,2,11-12H2,1H3,(H,21,23)/t17-/m0/s1. The molecular weight excluding hydrogens is 384 g/mol. The lowest BCUT2D eigenvalue weighted by molar-refractivity contribution is -0.127. The third-order valence-electron chi connectivity index (χ3n) is 3.96. The van der Waals surface area contributed by atoms with Crippen LogP contribution in [-0.2, 0) is 4.79 Å². The first kappa shape index (κ1) is 17.5. The zero-order valence-corrected chi connectivity index (χ0v) is 15.5. The Morgan fingerprint density at radius 2 is 1.92 bits per heavy atom. The Bertz CT molecular complexity index is 794. The minimum Gasteiger partial charge on any atom is -0.477 e. The lowest BCUT2D eigenvalue weighted by atomic mass is 10.1. The van der Waals surface area contributed by atoms with Gasteiger partial charge in [-0.15, -0.1) is 0 Å². The summed E-state index contributed by atoms with van der Waals surface area (Å²) in [5, 5.41) is 2.83. The molecule has 0 saturated heterocycles. The van der Waals surface area contributed by atoms with E-state index in [4.69, 9.17) is 4.74 Å². The van der Waals surface area contributed by atoms with E-state index in [1.807, 2.05) is 43.3 Å². The number of carbonyl (C=O) groups excluding carboxylic acids is 2. The number of fused-ring (bicyclic) bond motifs is 1. The van der Waals surface area contributed by atoms with Crippen LogP contribution in [0.25, 0.3) is 0 Å². The van der Waals surface area contributed by atoms with E-state index >= 15 is 0 Å². The molecule has 1 aliphatic heterocycles. The molecule has 5 nitrogen and oxygen atoms in total. The fourth-order valence-corrected chi connectivity index (χ4v) is 3.16. The molecule has 130 valence electrons. The highest BCUT2D eigenvalue weighted by Gasteiger charge is 2.34. The summed E-state index contributed by atoms with van der Waals surface area (Å²) in [4.78, 5) is 27.0. The molecule has 25 heavy (non-hydrogen) atoms. The van der Waals surface area contributed by atoms with Crippen LogP contribution < -0.4 is 15.0 Å². The van der Waals surface area contributed by atoms with Gasteiger partial charge in [-0.25, -0.2) is 0 Å². The molecule has 1 aliphatic rings. The molecule has 0 saturated carbocycles. The van der Waals surface area contributed by atoms with E-state index in [-0.39, 0.29) is 18.4 Å². The first-order chi connectivity index (χ1) is 12.1. The second-order valence-corrected chi connectivity index (χ2v) is 6.62. The first-order valence-corrected chi connectivity index (χ1v) is 9.01. The maximum absolute atomic E-state index is 13.1. The molecule has 0 aliphatic carbocycles. The van der Waals surface area contributed by atoms with Gasteiger partial charge in [-0.1, -0.05) is 31.2 Å². The summed E-state index contributed by atoms with van der Waals surface area (Å²) >= 11 is 3.42. The van der Waals surface area contributed by atoms with Crippen molar-refractivity contribution in [3.63, 3.8) is 0 Å². The van der Waals surface area contributed by atoms with Crippen LogP contribution in [-0.4, -0.2) is 31.0 Å². The third kappa shape index (κ3) is 3.69. The predicted octanol–water partition coefficient (Wildman–Crippen LogP) is 3.38. The summed E-state index contributed by atoms with van der Waals surface area (Å²) in [6, 6.07) is 14.5. The largest absolute Gasteiger partial charge is 0.477 e. The van der Waals surface area contributed by atoms with E-state index < -0.39 is 6.10 Å². The van der Waals surface area contributed by atoms with Crippen molar-refractivity contribution < 1.29 is 14.3 Å². The Labute approximate surface area is 155 Å². The number of rotatable bonds is 4. The topological polar surface area (TPSA) is 58.6 Å². The number of amides is 2. The van der Waals surface area contributed by atoms with Crippen molar-refractivity contribution in [3.8, 4) is 5.75 Å². The van der Waals surface area contributed by atoms with Gasteiger partial charge in [0.15, 0.2) is 6.10 Å². The normalized spacial score (nSPS) is 15.9. The zero-order chi connectivity index (χ0) is 17.8. The summed E-state index contributed by atoms with van der Waals surface area (Å²) in [5.41, 5.74) is 1.22. The Hall–Kier alpha value is -2.34. The SMILES string of the molecule is CCCNC(=O)[C@@H]1CN(C(=O)c2ccccc2Br)c2ccccc2O1. The average molecular weight is 403 g/mol. The van der Waals surface area contributed by atoms with Crippen LogP contribution >= 0.6 is 15.9 Å². The number of hydrogen-bond acceptors (Lipinski definition) is 3. The van der Waals surface area contributed by atoms with E-state index in [0.29, 0.717) is 23.5 Å². The van der Waals surface area contributed by atoms with Crippen LogP contribution in [0.15, 0.2) is 53.0 Å². The van der Waals surface area contributed by atoms with E-state index in [1.165, 1.54) is 0 Å². The second kappa shape index (κ2) is 7.70. The molecule has 2 amide bonds. The zero-order valence-electron chi connectivity index (χ0n) is 13.9. The molecule has 2 aromatic carbocycles. The molecule has 2 aromatic rings. The fraction of sp³-hybridized carbons (Fsp3) is 0.263. The van der Waals surface area contributed by atoms with Gasteiger partial charge in [0.1, 0.15) is 5.75 Å². The number of benzene rings is 2. The second-order valence-electron chi connectivity index (χ2n) is 5.76. The van der Waals surface area contributed by atoms with Gasteiger partial charge in [0.2, 0.25) is 0 Å². The first-order valence-electron chi connectivity index (χ1n) is 8.21. The summed E-state index contributed by atoms with van der Waals surface area (Å²) in [5.74, 6) is 0.156. The van der Waals surface area contributed by atoms with Gasteiger partial charge < -0.3 is 15.0 Å². The lowest BCUT2D eigenvalue weighted by Crippen LogP contribution is -2.51. The van der Waals surface area contributed by atoms with Crippen LogP contribution in [0.1, 0.15) is 23.7 Å². The van der Waals surface area contributed by atoms with Crippen molar-refractivity contribution in [3.05, 3.63) is 58.6 Å². The van der Waals surface area contributed by atoms with E-state index in [2.05, 4.69) is 21.2 Å². The minimum absolute atomic E-state index is 0.170. The Morgan fingerprint density at radius 1 is 1.20 bits per heavy atom. The number of hydrogen-bond donors (Lipinski definition) is 1. The summed E-state index contributed by atoms with van der Waals surface area (Å²) in [7, 11) is 0. The quantitative estimate of drug-likeness (QED) is 0.852. The average Bonchev–Trinajstić information content (AvgIpc) is 2.65. The highest BCUT2D eigenvalue weighted by Crippen LogP contribution is 2.34. The molecule has 0 aromatic heterocycles. The summed E-state index contributed by atoms with van der Waals surface area (Å²) in [6.07, 6.45) is 0.113.